The van der Waals surface area contributed by atoms with E-state index in [2.05, 4.69) is 10.9 Å². The van der Waals surface area contributed by atoms with Crippen LogP contribution >= 0.6 is 15.6 Å². The average molecular weight is 235 g/mol. The third-order valence-corrected chi connectivity index (χ3v) is 2.08. The molecule has 0 saturated carbocycles. The van der Waals surface area contributed by atoms with Gasteiger partial charge in [-0.15, -0.1) is 6.58 Å². The van der Waals surface area contributed by atoms with Gasteiger partial charge in [0.2, 0.25) is 0 Å². The van der Waals surface area contributed by atoms with E-state index in [0.717, 1.165) is 0 Å². The van der Waals surface area contributed by atoms with Crippen LogP contribution < -0.4 is 5.73 Å². The summed E-state index contributed by atoms with van der Waals surface area (Å²) in [6.45, 7) is 3.94. The lowest BCUT2D eigenvalue weighted by Crippen LogP contribution is -1.90. The second-order valence-corrected chi connectivity index (χ2v) is 4.20. The Morgan fingerprint density at radius 1 is 1.23 bits per heavy atom. The molecule has 0 heterocycles. The van der Waals surface area contributed by atoms with Gasteiger partial charge in [0, 0.05) is 6.54 Å². The molecule has 0 aliphatic rings. The second-order valence-electron chi connectivity index (χ2n) is 1.59. The average Bonchev–Trinajstić information content (AvgIpc) is 1.80. The number of hydrogen-bond donors (Lipinski definition) is 5. The molecular formula is C3H11NO7P2. The first-order chi connectivity index (χ1) is 5.62. The lowest BCUT2D eigenvalue weighted by atomic mass is 10.7. The van der Waals surface area contributed by atoms with Gasteiger partial charge in [-0.2, -0.15) is 4.31 Å². The summed E-state index contributed by atoms with van der Waals surface area (Å²) in [6.07, 6.45) is 1.65. The summed E-state index contributed by atoms with van der Waals surface area (Å²) in [6, 6.07) is 0. The summed E-state index contributed by atoms with van der Waals surface area (Å²) in [5.74, 6) is 0. The molecule has 8 nitrogen and oxygen atoms in total. The minimum absolute atomic E-state index is 0.583. The molecule has 0 aromatic rings. The van der Waals surface area contributed by atoms with E-state index in [-0.39, 0.29) is 0 Å². The Morgan fingerprint density at radius 3 is 1.46 bits per heavy atom. The van der Waals surface area contributed by atoms with Crippen molar-refractivity contribution in [3.8, 4) is 0 Å². The number of nitrogens with two attached hydrogens (primary N) is 1. The predicted octanol–water partition coefficient (Wildman–Crippen LogP) is -0.680. The quantitative estimate of drug-likeness (QED) is 0.319. The Balaban J connectivity index is 0. The number of hydrogen-bond acceptors (Lipinski definition) is 4. The molecule has 0 aliphatic heterocycles. The van der Waals surface area contributed by atoms with Crippen molar-refractivity contribution in [1.29, 1.82) is 0 Å². The Hall–Kier alpha value is -0.0400. The highest BCUT2D eigenvalue weighted by atomic mass is 31.3. The van der Waals surface area contributed by atoms with Crippen molar-refractivity contribution < 1.29 is 33.0 Å². The fourth-order valence-corrected chi connectivity index (χ4v) is 1.25. The molecule has 0 aromatic heterocycles. The Bertz CT molecular complexity index is 208. The van der Waals surface area contributed by atoms with Crippen LogP contribution in [-0.2, 0) is 13.4 Å². The third-order valence-electron chi connectivity index (χ3n) is 0.379. The molecule has 0 unspecified atom stereocenters. The molecule has 6 N–H and O–H groups in total. The van der Waals surface area contributed by atoms with Gasteiger partial charge in [-0.3, -0.25) is 0 Å². The summed E-state index contributed by atoms with van der Waals surface area (Å²) in [4.78, 5) is 31.0. The fraction of sp³-hybridized carbons (Fsp3) is 0.333. The van der Waals surface area contributed by atoms with E-state index < -0.39 is 15.6 Å². The van der Waals surface area contributed by atoms with Crippen molar-refractivity contribution in [2.24, 2.45) is 5.73 Å². The van der Waals surface area contributed by atoms with E-state index >= 15 is 0 Å². The van der Waals surface area contributed by atoms with Crippen LogP contribution in [0.25, 0.3) is 0 Å². The van der Waals surface area contributed by atoms with Crippen LogP contribution in [0.4, 0.5) is 0 Å². The molecule has 13 heavy (non-hydrogen) atoms. The van der Waals surface area contributed by atoms with Crippen LogP contribution in [-0.4, -0.2) is 26.1 Å². The fourth-order valence-electron chi connectivity index (χ4n) is 0.139. The van der Waals surface area contributed by atoms with Crippen molar-refractivity contribution in [2.75, 3.05) is 6.54 Å². The lowest BCUT2D eigenvalue weighted by Gasteiger charge is -2.03. The standard InChI is InChI=1S/C3H7N.H4O7P2/c1-2-3-4;1-8(2,3)7-9(4,5)6/h2H,1,3-4H2;(H2,1,2,3)(H2,4,5,6). The molecule has 0 saturated heterocycles. The van der Waals surface area contributed by atoms with Crippen molar-refractivity contribution in [3.05, 3.63) is 12.7 Å². The molecule has 0 aromatic carbocycles. The second kappa shape index (κ2) is 6.42. The molecule has 0 atom stereocenters. The van der Waals surface area contributed by atoms with Crippen LogP contribution in [0.15, 0.2) is 12.7 Å². The molecule has 0 bridgehead atoms. The van der Waals surface area contributed by atoms with Crippen LogP contribution in [0.5, 0.6) is 0 Å². The van der Waals surface area contributed by atoms with Gasteiger partial charge in [-0.05, 0) is 0 Å². The maximum absolute atomic E-state index is 9.63. The first-order valence-corrected chi connectivity index (χ1v) is 5.82. The SMILES string of the molecule is C=CCN.O=P(O)(O)OP(=O)(O)O. The molecule has 0 spiro atoms. The Kier molecular flexibility index (Phi) is 7.62. The normalized spacial score (nSPS) is 11.5. The molecule has 10 heteroatoms. The maximum atomic E-state index is 9.63. The lowest BCUT2D eigenvalue weighted by molar-refractivity contribution is 0.225. The minimum atomic E-state index is -5.05. The highest BCUT2D eigenvalue weighted by Gasteiger charge is 2.27. The van der Waals surface area contributed by atoms with Crippen LogP contribution in [0, 0.1) is 0 Å². The van der Waals surface area contributed by atoms with Gasteiger partial charge in [-0.25, -0.2) is 9.13 Å². The van der Waals surface area contributed by atoms with Crippen molar-refractivity contribution in [3.63, 3.8) is 0 Å². The van der Waals surface area contributed by atoms with Gasteiger partial charge in [0.1, 0.15) is 0 Å². The summed E-state index contributed by atoms with van der Waals surface area (Å²) >= 11 is 0. The van der Waals surface area contributed by atoms with E-state index in [0.29, 0.717) is 6.54 Å². The predicted molar refractivity (Wildman–Crippen MR) is 44.4 cm³/mol. The molecule has 80 valence electrons. The zero-order chi connectivity index (χ0) is 11.1. The van der Waals surface area contributed by atoms with Crippen molar-refractivity contribution in [1.82, 2.24) is 0 Å². The van der Waals surface area contributed by atoms with Gasteiger partial charge in [0.25, 0.3) is 0 Å². The van der Waals surface area contributed by atoms with E-state index in [1.165, 1.54) is 0 Å². The molecule has 0 fully saturated rings. The summed E-state index contributed by atoms with van der Waals surface area (Å²) in [5.41, 5.74) is 4.91. The monoisotopic (exact) mass is 235 g/mol. The third kappa shape index (κ3) is 24.5. The smallest absolute Gasteiger partial charge is 0.327 e. The highest BCUT2D eigenvalue weighted by molar-refractivity contribution is 7.60. The van der Waals surface area contributed by atoms with Crippen LogP contribution in [0.1, 0.15) is 0 Å². The van der Waals surface area contributed by atoms with E-state index in [1.807, 2.05) is 0 Å². The van der Waals surface area contributed by atoms with Crippen molar-refractivity contribution >= 4 is 15.6 Å². The van der Waals surface area contributed by atoms with Crippen LogP contribution in [0.2, 0.25) is 0 Å². The van der Waals surface area contributed by atoms with Gasteiger partial charge in [0.15, 0.2) is 0 Å². The van der Waals surface area contributed by atoms with Gasteiger partial charge in [-0.1, -0.05) is 6.08 Å². The Morgan fingerprint density at radius 2 is 1.46 bits per heavy atom. The van der Waals surface area contributed by atoms with E-state index in [1.54, 1.807) is 6.08 Å². The molecule has 0 amide bonds. The first kappa shape index (κ1) is 15.4. The van der Waals surface area contributed by atoms with Crippen molar-refractivity contribution in [2.45, 2.75) is 0 Å². The summed E-state index contributed by atoms with van der Waals surface area (Å²) in [5, 5.41) is 0. The number of phosphoric acid groups is 2. The van der Waals surface area contributed by atoms with Crippen LogP contribution in [0.3, 0.4) is 0 Å². The van der Waals surface area contributed by atoms with E-state index in [4.69, 9.17) is 25.3 Å². The maximum Gasteiger partial charge on any atom is 0.478 e. The van der Waals surface area contributed by atoms with Gasteiger partial charge >= 0.3 is 15.6 Å². The largest absolute Gasteiger partial charge is 0.478 e. The highest BCUT2D eigenvalue weighted by Crippen LogP contribution is 2.53. The van der Waals surface area contributed by atoms with Gasteiger partial charge < -0.3 is 25.3 Å². The minimum Gasteiger partial charge on any atom is -0.327 e. The zero-order valence-electron chi connectivity index (χ0n) is 6.48. The molecule has 0 aliphatic carbocycles. The molecular weight excluding hydrogens is 224 g/mol. The number of rotatable bonds is 3. The summed E-state index contributed by atoms with van der Waals surface area (Å²) in [7, 11) is -10.1. The summed E-state index contributed by atoms with van der Waals surface area (Å²) < 4.78 is 22.2. The Labute approximate surface area is 74.5 Å². The molecule has 0 rings (SSSR count). The first-order valence-electron chi connectivity index (χ1n) is 2.76. The van der Waals surface area contributed by atoms with Gasteiger partial charge in [0.05, 0.1) is 0 Å². The van der Waals surface area contributed by atoms with E-state index in [9.17, 15) is 9.13 Å². The zero-order valence-corrected chi connectivity index (χ0v) is 8.27. The molecule has 0 radical (unpaired) electrons. The topological polar surface area (TPSA) is 150 Å².